The van der Waals surface area contributed by atoms with Crippen LogP contribution in [0.1, 0.15) is 39.0 Å². The van der Waals surface area contributed by atoms with Gasteiger partial charge in [-0.15, -0.1) is 24.0 Å². The lowest BCUT2D eigenvalue weighted by Crippen LogP contribution is -2.46. The molecule has 1 saturated carbocycles. The van der Waals surface area contributed by atoms with Crippen LogP contribution in [0.4, 0.5) is 13.2 Å². The molecular weight excluding hydrogens is 444 g/mol. The van der Waals surface area contributed by atoms with Crippen LogP contribution in [0.25, 0.3) is 0 Å². The van der Waals surface area contributed by atoms with E-state index in [1.54, 1.807) is 0 Å². The van der Waals surface area contributed by atoms with Crippen molar-refractivity contribution < 1.29 is 13.2 Å². The summed E-state index contributed by atoms with van der Waals surface area (Å²) in [6.45, 7) is 4.96. The topological polar surface area (TPSA) is 30.9 Å². The molecular formula is C17H30F3IN4. The first-order chi connectivity index (χ1) is 11.4. The van der Waals surface area contributed by atoms with Gasteiger partial charge in [0.1, 0.15) is 0 Å². The van der Waals surface area contributed by atoms with Gasteiger partial charge in [-0.05, 0) is 38.0 Å². The number of nitrogens with one attached hydrogen (secondary N) is 1. The summed E-state index contributed by atoms with van der Waals surface area (Å²) >= 11 is 0. The van der Waals surface area contributed by atoms with Gasteiger partial charge >= 0.3 is 6.18 Å². The molecule has 0 amide bonds. The summed E-state index contributed by atoms with van der Waals surface area (Å²) in [5.41, 5.74) is 0. The van der Waals surface area contributed by atoms with Crippen molar-refractivity contribution in [1.29, 1.82) is 0 Å². The molecule has 0 aromatic heterocycles. The van der Waals surface area contributed by atoms with Crippen LogP contribution in [-0.4, -0.2) is 67.2 Å². The third kappa shape index (κ3) is 5.87. The lowest BCUT2D eigenvalue weighted by Gasteiger charge is -2.25. The van der Waals surface area contributed by atoms with Crippen LogP contribution in [0.3, 0.4) is 0 Å². The van der Waals surface area contributed by atoms with Gasteiger partial charge in [0.15, 0.2) is 5.96 Å². The molecule has 25 heavy (non-hydrogen) atoms. The van der Waals surface area contributed by atoms with E-state index < -0.39 is 12.7 Å². The van der Waals surface area contributed by atoms with E-state index in [4.69, 9.17) is 0 Å². The fourth-order valence-corrected chi connectivity index (χ4v) is 4.50. The van der Waals surface area contributed by atoms with Gasteiger partial charge in [0, 0.05) is 38.8 Å². The van der Waals surface area contributed by atoms with Crippen LogP contribution in [0, 0.1) is 11.8 Å². The molecule has 2 heterocycles. The van der Waals surface area contributed by atoms with Crippen molar-refractivity contribution in [3.63, 3.8) is 0 Å². The standard InChI is InChI=1S/C17H29F3N4.HI/c1-2-21-16(24-9-13-5-3-4-6-14(13)10-24)22-15-7-8-23(11-15)12-17(18,19)20;/h13-15H,2-12H2,1H3,(H,21,22);1H. The Kier molecular flexibility index (Phi) is 7.67. The molecule has 0 radical (unpaired) electrons. The molecule has 146 valence electrons. The largest absolute Gasteiger partial charge is 0.401 e. The summed E-state index contributed by atoms with van der Waals surface area (Å²) in [5, 5.41) is 3.45. The fourth-order valence-electron chi connectivity index (χ4n) is 4.50. The molecule has 1 N–H and O–H groups in total. The molecule has 0 spiro atoms. The molecule has 2 aliphatic heterocycles. The quantitative estimate of drug-likeness (QED) is 0.387. The number of hydrogen-bond acceptors (Lipinski definition) is 2. The van der Waals surface area contributed by atoms with Crippen molar-refractivity contribution in [3.8, 4) is 0 Å². The molecule has 3 aliphatic rings. The highest BCUT2D eigenvalue weighted by molar-refractivity contribution is 14.0. The second kappa shape index (κ2) is 9.10. The number of likely N-dealkylation sites (tertiary alicyclic amines) is 2. The minimum Gasteiger partial charge on any atom is -0.352 e. The monoisotopic (exact) mass is 474 g/mol. The Morgan fingerprint density at radius 3 is 2.28 bits per heavy atom. The van der Waals surface area contributed by atoms with E-state index in [2.05, 4.69) is 15.2 Å². The summed E-state index contributed by atoms with van der Waals surface area (Å²) in [6, 6.07) is 0.0697. The second-order valence-corrected chi connectivity index (χ2v) is 7.49. The number of aliphatic imine (C=N–C) groups is 1. The van der Waals surface area contributed by atoms with Gasteiger partial charge in [0.2, 0.25) is 0 Å². The Bertz CT molecular complexity index is 444. The third-order valence-electron chi connectivity index (χ3n) is 5.59. The molecule has 3 atom stereocenters. The molecule has 4 nitrogen and oxygen atoms in total. The molecule has 3 unspecified atom stereocenters. The van der Waals surface area contributed by atoms with E-state index in [1.165, 1.54) is 30.6 Å². The molecule has 0 aromatic carbocycles. The first-order valence-corrected chi connectivity index (χ1v) is 9.29. The van der Waals surface area contributed by atoms with Gasteiger partial charge in [-0.2, -0.15) is 13.2 Å². The highest BCUT2D eigenvalue weighted by Gasteiger charge is 2.38. The van der Waals surface area contributed by atoms with E-state index in [9.17, 15) is 13.2 Å². The van der Waals surface area contributed by atoms with Crippen molar-refractivity contribution in [3.05, 3.63) is 0 Å². The molecule has 0 aromatic rings. The number of halogens is 4. The summed E-state index contributed by atoms with van der Waals surface area (Å²) in [7, 11) is 0. The average molecular weight is 474 g/mol. The van der Waals surface area contributed by atoms with Crippen LogP contribution in [-0.2, 0) is 0 Å². The minimum absolute atomic E-state index is 0. The summed E-state index contributed by atoms with van der Waals surface area (Å²) in [5.74, 6) is 2.45. The molecule has 0 bridgehead atoms. The summed E-state index contributed by atoms with van der Waals surface area (Å²) in [4.78, 5) is 8.45. The number of guanidine groups is 1. The summed E-state index contributed by atoms with van der Waals surface area (Å²) < 4.78 is 37.6. The number of nitrogens with zero attached hydrogens (tertiary/aromatic N) is 3. The first-order valence-electron chi connectivity index (χ1n) is 9.29. The SMILES string of the molecule is CCN=C(NC1CCN(CC(F)(F)F)C1)N1CC2CCCCC2C1.I. The van der Waals surface area contributed by atoms with Crippen molar-refractivity contribution in [2.45, 2.75) is 51.2 Å². The van der Waals surface area contributed by atoms with E-state index in [-0.39, 0.29) is 30.0 Å². The highest BCUT2D eigenvalue weighted by atomic mass is 127. The van der Waals surface area contributed by atoms with Gasteiger partial charge < -0.3 is 10.2 Å². The van der Waals surface area contributed by atoms with Crippen molar-refractivity contribution in [1.82, 2.24) is 15.1 Å². The smallest absolute Gasteiger partial charge is 0.352 e. The maximum atomic E-state index is 12.5. The van der Waals surface area contributed by atoms with Crippen LogP contribution >= 0.6 is 24.0 Å². The Hall–Kier alpha value is -0.250. The lowest BCUT2D eigenvalue weighted by molar-refractivity contribution is -0.143. The normalized spacial score (nSPS) is 31.0. The zero-order valence-electron chi connectivity index (χ0n) is 14.9. The highest BCUT2D eigenvalue weighted by Crippen LogP contribution is 2.36. The second-order valence-electron chi connectivity index (χ2n) is 7.49. The van der Waals surface area contributed by atoms with Gasteiger partial charge in [-0.1, -0.05) is 12.8 Å². The zero-order valence-corrected chi connectivity index (χ0v) is 17.2. The van der Waals surface area contributed by atoms with E-state index >= 15 is 0 Å². The minimum atomic E-state index is -4.11. The Labute approximate surface area is 165 Å². The average Bonchev–Trinajstić information content (AvgIpc) is 3.11. The zero-order chi connectivity index (χ0) is 17.2. The maximum absolute atomic E-state index is 12.5. The van der Waals surface area contributed by atoms with Crippen molar-refractivity contribution in [2.75, 3.05) is 39.3 Å². The fraction of sp³-hybridized carbons (Fsp3) is 0.941. The lowest BCUT2D eigenvalue weighted by atomic mass is 9.82. The number of fused-ring (bicyclic) bond motifs is 1. The van der Waals surface area contributed by atoms with Gasteiger partial charge in [0.25, 0.3) is 0 Å². The Morgan fingerprint density at radius 1 is 1.08 bits per heavy atom. The molecule has 3 rings (SSSR count). The van der Waals surface area contributed by atoms with Crippen LogP contribution in [0.2, 0.25) is 0 Å². The van der Waals surface area contributed by atoms with Gasteiger partial charge in [-0.3, -0.25) is 9.89 Å². The predicted molar refractivity (Wildman–Crippen MR) is 104 cm³/mol. The number of hydrogen-bond donors (Lipinski definition) is 1. The van der Waals surface area contributed by atoms with Crippen molar-refractivity contribution >= 4 is 29.9 Å². The molecule has 3 fully saturated rings. The molecule has 1 aliphatic carbocycles. The van der Waals surface area contributed by atoms with E-state index in [0.717, 1.165) is 37.3 Å². The third-order valence-corrected chi connectivity index (χ3v) is 5.59. The van der Waals surface area contributed by atoms with Gasteiger partial charge in [-0.25, -0.2) is 0 Å². The number of rotatable bonds is 3. The van der Waals surface area contributed by atoms with Crippen LogP contribution in [0.5, 0.6) is 0 Å². The van der Waals surface area contributed by atoms with Crippen LogP contribution in [0.15, 0.2) is 4.99 Å². The van der Waals surface area contributed by atoms with Gasteiger partial charge in [0.05, 0.1) is 6.54 Å². The van der Waals surface area contributed by atoms with Crippen LogP contribution < -0.4 is 5.32 Å². The van der Waals surface area contributed by atoms with E-state index in [1.807, 2.05) is 6.92 Å². The molecule has 2 saturated heterocycles. The number of alkyl halides is 3. The first kappa shape index (κ1) is 21.1. The van der Waals surface area contributed by atoms with Crippen molar-refractivity contribution in [2.24, 2.45) is 16.8 Å². The predicted octanol–water partition coefficient (Wildman–Crippen LogP) is 3.33. The summed E-state index contributed by atoms with van der Waals surface area (Å²) in [6.07, 6.45) is 1.92. The maximum Gasteiger partial charge on any atom is 0.401 e. The Balaban J connectivity index is 0.00000225. The Morgan fingerprint density at radius 2 is 1.72 bits per heavy atom. The molecule has 8 heteroatoms. The van der Waals surface area contributed by atoms with E-state index in [0.29, 0.717) is 19.6 Å².